The minimum absolute atomic E-state index is 0.159. The molecule has 28 heavy (non-hydrogen) atoms. The van der Waals surface area contributed by atoms with Crippen molar-refractivity contribution in [2.75, 3.05) is 13.1 Å². The fourth-order valence-corrected chi connectivity index (χ4v) is 4.10. The van der Waals surface area contributed by atoms with Crippen LogP contribution >= 0.6 is 0 Å². The normalized spacial score (nSPS) is 19.4. The van der Waals surface area contributed by atoms with Crippen molar-refractivity contribution in [1.29, 1.82) is 0 Å². The van der Waals surface area contributed by atoms with E-state index in [9.17, 15) is 4.79 Å². The van der Waals surface area contributed by atoms with Crippen molar-refractivity contribution in [2.45, 2.75) is 97.8 Å². The van der Waals surface area contributed by atoms with Crippen molar-refractivity contribution in [3.63, 3.8) is 0 Å². The molecule has 0 radical (unpaired) electrons. The molecule has 1 aliphatic rings. The van der Waals surface area contributed by atoms with E-state index in [-0.39, 0.29) is 12.1 Å². The van der Waals surface area contributed by atoms with Gasteiger partial charge in [-0.25, -0.2) is 4.79 Å². The Labute approximate surface area is 171 Å². The zero-order chi connectivity index (χ0) is 20.9. The second kappa shape index (κ2) is 9.77. The monoisotopic (exact) mass is 392 g/mol. The highest BCUT2D eigenvalue weighted by atomic mass is 16.6. The molecule has 1 aromatic rings. The molecule has 0 unspecified atom stereocenters. The number of carbonyl (C=O) groups is 1. The van der Waals surface area contributed by atoms with Gasteiger partial charge in [0.05, 0.1) is 5.69 Å². The van der Waals surface area contributed by atoms with Gasteiger partial charge >= 0.3 is 6.09 Å². The van der Waals surface area contributed by atoms with Crippen LogP contribution < -0.4 is 5.32 Å². The van der Waals surface area contributed by atoms with Gasteiger partial charge in [0.2, 0.25) is 0 Å². The van der Waals surface area contributed by atoms with Crippen LogP contribution in [-0.2, 0) is 18.2 Å². The van der Waals surface area contributed by atoms with Crippen LogP contribution in [0.3, 0.4) is 0 Å². The van der Waals surface area contributed by atoms with Crippen molar-refractivity contribution < 1.29 is 9.53 Å². The van der Waals surface area contributed by atoms with E-state index >= 15 is 0 Å². The first-order chi connectivity index (χ1) is 13.1. The van der Waals surface area contributed by atoms with Gasteiger partial charge in [-0.2, -0.15) is 5.10 Å². The fraction of sp³-hybridized carbons (Fsp3) is 0.818. The molecule has 1 aliphatic heterocycles. The average molecular weight is 393 g/mol. The van der Waals surface area contributed by atoms with Crippen molar-refractivity contribution in [2.24, 2.45) is 7.05 Å². The molecule has 0 saturated carbocycles. The standard InChI is InChI=1S/C22H40N4O2/c1-16(23-13-12-20-17(2)24-25(7)18(20)3)15-19-11-9-8-10-14-26(19)21(27)28-22(4,5)6/h16,19,23H,8-15H2,1-7H3/t16-,19-/m1/s1. The highest BCUT2D eigenvalue weighted by Crippen LogP contribution is 2.23. The van der Waals surface area contributed by atoms with Gasteiger partial charge in [0.1, 0.15) is 5.60 Å². The number of amides is 1. The summed E-state index contributed by atoms with van der Waals surface area (Å²) in [5.74, 6) is 0. The summed E-state index contributed by atoms with van der Waals surface area (Å²) in [7, 11) is 2.00. The van der Waals surface area contributed by atoms with Crippen LogP contribution in [0.15, 0.2) is 0 Å². The first-order valence-corrected chi connectivity index (χ1v) is 10.8. The molecule has 0 aromatic carbocycles. The molecular formula is C22H40N4O2. The summed E-state index contributed by atoms with van der Waals surface area (Å²) in [5.41, 5.74) is 3.25. The molecule has 1 saturated heterocycles. The number of hydrogen-bond donors (Lipinski definition) is 1. The highest BCUT2D eigenvalue weighted by molar-refractivity contribution is 5.68. The molecule has 2 atom stereocenters. The number of hydrogen-bond acceptors (Lipinski definition) is 4. The van der Waals surface area contributed by atoms with Crippen LogP contribution in [0.5, 0.6) is 0 Å². The van der Waals surface area contributed by atoms with Crippen molar-refractivity contribution in [3.8, 4) is 0 Å². The van der Waals surface area contributed by atoms with Gasteiger partial charge in [0, 0.05) is 31.4 Å². The maximum Gasteiger partial charge on any atom is 0.410 e. The Hall–Kier alpha value is -1.56. The maximum atomic E-state index is 12.7. The molecule has 160 valence electrons. The number of carbonyl (C=O) groups excluding carboxylic acids is 1. The molecule has 0 aliphatic carbocycles. The Morgan fingerprint density at radius 2 is 2.00 bits per heavy atom. The summed E-state index contributed by atoms with van der Waals surface area (Å²) in [5, 5.41) is 8.16. The first-order valence-electron chi connectivity index (χ1n) is 10.8. The number of rotatable bonds is 6. The van der Waals surface area contributed by atoms with E-state index in [1.165, 1.54) is 24.1 Å². The van der Waals surface area contributed by atoms with Crippen LogP contribution in [0.4, 0.5) is 4.79 Å². The van der Waals surface area contributed by atoms with E-state index < -0.39 is 5.60 Å². The molecule has 0 bridgehead atoms. The lowest BCUT2D eigenvalue weighted by Crippen LogP contribution is -2.45. The smallest absolute Gasteiger partial charge is 0.410 e. The molecule has 2 rings (SSSR count). The molecule has 1 fully saturated rings. The number of ether oxygens (including phenoxy) is 1. The van der Waals surface area contributed by atoms with Crippen LogP contribution in [-0.4, -0.2) is 51.5 Å². The van der Waals surface area contributed by atoms with Crippen LogP contribution in [0, 0.1) is 13.8 Å². The number of nitrogens with one attached hydrogen (secondary N) is 1. The number of likely N-dealkylation sites (tertiary alicyclic amines) is 1. The van der Waals surface area contributed by atoms with E-state index in [0.717, 1.165) is 44.5 Å². The average Bonchev–Trinajstić information content (AvgIpc) is 2.76. The molecule has 1 aromatic heterocycles. The maximum absolute atomic E-state index is 12.7. The van der Waals surface area contributed by atoms with Crippen LogP contribution in [0.1, 0.15) is 76.8 Å². The van der Waals surface area contributed by atoms with Gasteiger partial charge in [0.15, 0.2) is 0 Å². The number of aryl methyl sites for hydroxylation is 2. The van der Waals surface area contributed by atoms with Gasteiger partial charge in [-0.3, -0.25) is 4.68 Å². The predicted molar refractivity (Wildman–Crippen MR) is 114 cm³/mol. The summed E-state index contributed by atoms with van der Waals surface area (Å²) < 4.78 is 7.63. The Bertz CT molecular complexity index is 648. The molecule has 0 spiro atoms. The van der Waals surface area contributed by atoms with Crippen molar-refractivity contribution >= 4 is 6.09 Å². The topological polar surface area (TPSA) is 59.4 Å². The zero-order valence-corrected chi connectivity index (χ0v) is 19.0. The van der Waals surface area contributed by atoms with Gasteiger partial charge in [0.25, 0.3) is 0 Å². The fourth-order valence-electron chi connectivity index (χ4n) is 4.10. The Kier molecular flexibility index (Phi) is 7.93. The van der Waals surface area contributed by atoms with E-state index in [1.807, 2.05) is 37.4 Å². The summed E-state index contributed by atoms with van der Waals surface area (Å²) in [6.45, 7) is 14.0. The summed E-state index contributed by atoms with van der Waals surface area (Å²) >= 11 is 0. The zero-order valence-electron chi connectivity index (χ0n) is 19.0. The van der Waals surface area contributed by atoms with Crippen molar-refractivity contribution in [1.82, 2.24) is 20.0 Å². The van der Waals surface area contributed by atoms with E-state index in [4.69, 9.17) is 4.74 Å². The van der Waals surface area contributed by atoms with Crippen molar-refractivity contribution in [3.05, 3.63) is 17.0 Å². The van der Waals surface area contributed by atoms with Gasteiger partial charge in [-0.05, 0) is 79.3 Å². The molecular weight excluding hydrogens is 352 g/mol. The SMILES string of the molecule is Cc1nn(C)c(C)c1CCN[C@H](C)C[C@H]1CCCCCN1C(=O)OC(C)(C)C. The molecule has 1 N–H and O–H groups in total. The molecule has 6 nitrogen and oxygen atoms in total. The first kappa shape index (κ1) is 22.7. The third-order valence-electron chi connectivity index (χ3n) is 5.66. The second-order valence-corrected chi connectivity index (χ2v) is 9.29. The lowest BCUT2D eigenvalue weighted by Gasteiger charge is -2.33. The molecule has 6 heteroatoms. The number of nitrogens with zero attached hydrogens (tertiary/aromatic N) is 3. The summed E-state index contributed by atoms with van der Waals surface area (Å²) in [6.07, 6.45) is 6.29. The quantitative estimate of drug-likeness (QED) is 0.791. The lowest BCUT2D eigenvalue weighted by molar-refractivity contribution is 0.0150. The van der Waals surface area contributed by atoms with Gasteiger partial charge in [-0.15, -0.1) is 0 Å². The Morgan fingerprint density at radius 1 is 1.29 bits per heavy atom. The minimum Gasteiger partial charge on any atom is -0.444 e. The molecule has 1 amide bonds. The Balaban J connectivity index is 1.90. The minimum atomic E-state index is -0.447. The Morgan fingerprint density at radius 3 is 2.61 bits per heavy atom. The third-order valence-corrected chi connectivity index (χ3v) is 5.66. The van der Waals surface area contributed by atoms with Crippen LogP contribution in [0.2, 0.25) is 0 Å². The highest BCUT2D eigenvalue weighted by Gasteiger charge is 2.30. The van der Waals surface area contributed by atoms with E-state index in [1.54, 1.807) is 0 Å². The third kappa shape index (κ3) is 6.50. The second-order valence-electron chi connectivity index (χ2n) is 9.29. The predicted octanol–water partition coefficient (Wildman–Crippen LogP) is 4.13. The van der Waals surface area contributed by atoms with Gasteiger partial charge in [-0.1, -0.05) is 12.8 Å². The lowest BCUT2D eigenvalue weighted by atomic mass is 10.0. The van der Waals surface area contributed by atoms with Gasteiger partial charge < -0.3 is 15.0 Å². The van der Waals surface area contributed by atoms with Crippen LogP contribution in [0.25, 0.3) is 0 Å². The molecule has 2 heterocycles. The van der Waals surface area contributed by atoms with E-state index in [2.05, 4.69) is 31.2 Å². The largest absolute Gasteiger partial charge is 0.444 e. The number of aromatic nitrogens is 2. The summed E-state index contributed by atoms with van der Waals surface area (Å²) in [6, 6.07) is 0.604. The van der Waals surface area contributed by atoms with E-state index in [0.29, 0.717) is 6.04 Å². The summed E-state index contributed by atoms with van der Waals surface area (Å²) in [4.78, 5) is 14.7.